The lowest BCUT2D eigenvalue weighted by Gasteiger charge is -2.34. The van der Waals surface area contributed by atoms with E-state index in [0.29, 0.717) is 26.2 Å². The SMILES string of the molecule is CCS(=O)(=O)N1CCN(C(=O)[C@@H](C)N)CC1.Cl. The molecule has 2 N–H and O–H groups in total. The molecule has 1 aliphatic heterocycles. The van der Waals surface area contributed by atoms with Gasteiger partial charge in [-0.2, -0.15) is 4.31 Å². The van der Waals surface area contributed by atoms with Crippen molar-refractivity contribution in [2.45, 2.75) is 19.9 Å². The minimum Gasteiger partial charge on any atom is -0.339 e. The molecule has 0 bridgehead atoms. The Balaban J connectivity index is 0.00000256. The van der Waals surface area contributed by atoms with Crippen molar-refractivity contribution >= 4 is 28.3 Å². The predicted octanol–water partition coefficient (Wildman–Crippen LogP) is -0.751. The summed E-state index contributed by atoms with van der Waals surface area (Å²) in [6, 6.07) is -0.519. The van der Waals surface area contributed by atoms with Gasteiger partial charge in [-0.1, -0.05) is 0 Å². The summed E-state index contributed by atoms with van der Waals surface area (Å²) >= 11 is 0. The highest BCUT2D eigenvalue weighted by Gasteiger charge is 2.28. The molecule has 17 heavy (non-hydrogen) atoms. The van der Waals surface area contributed by atoms with Crippen molar-refractivity contribution in [3.8, 4) is 0 Å². The molecule has 1 aliphatic rings. The number of hydrogen-bond donors (Lipinski definition) is 1. The van der Waals surface area contributed by atoms with Crippen molar-refractivity contribution in [3.63, 3.8) is 0 Å². The van der Waals surface area contributed by atoms with Crippen molar-refractivity contribution in [3.05, 3.63) is 0 Å². The Hall–Kier alpha value is -0.370. The minimum atomic E-state index is -3.13. The fraction of sp³-hybridized carbons (Fsp3) is 0.889. The molecule has 1 amide bonds. The van der Waals surface area contributed by atoms with Gasteiger partial charge in [-0.05, 0) is 13.8 Å². The van der Waals surface area contributed by atoms with Crippen LogP contribution in [0.5, 0.6) is 0 Å². The molecule has 1 saturated heterocycles. The van der Waals surface area contributed by atoms with Gasteiger partial charge in [0.1, 0.15) is 0 Å². The van der Waals surface area contributed by atoms with Gasteiger partial charge in [0, 0.05) is 26.2 Å². The van der Waals surface area contributed by atoms with Gasteiger partial charge in [-0.3, -0.25) is 4.79 Å². The smallest absolute Gasteiger partial charge is 0.239 e. The third-order valence-corrected chi connectivity index (χ3v) is 4.58. The van der Waals surface area contributed by atoms with Gasteiger partial charge in [0.25, 0.3) is 0 Å². The van der Waals surface area contributed by atoms with Crippen molar-refractivity contribution < 1.29 is 13.2 Å². The summed E-state index contributed by atoms with van der Waals surface area (Å²) in [6.45, 7) is 4.86. The van der Waals surface area contributed by atoms with Crippen LogP contribution in [0.4, 0.5) is 0 Å². The van der Waals surface area contributed by atoms with E-state index in [0.717, 1.165) is 0 Å². The van der Waals surface area contributed by atoms with E-state index in [4.69, 9.17) is 5.73 Å². The fourth-order valence-electron chi connectivity index (χ4n) is 1.66. The van der Waals surface area contributed by atoms with Crippen LogP contribution in [-0.4, -0.2) is 61.5 Å². The molecule has 1 rings (SSSR count). The first-order valence-corrected chi connectivity index (χ1v) is 7.01. The quantitative estimate of drug-likeness (QED) is 0.739. The molecule has 0 aromatic rings. The van der Waals surface area contributed by atoms with E-state index in [-0.39, 0.29) is 24.1 Å². The highest BCUT2D eigenvalue weighted by atomic mass is 35.5. The van der Waals surface area contributed by atoms with Crippen molar-refractivity contribution in [2.24, 2.45) is 5.73 Å². The number of hydrogen-bond acceptors (Lipinski definition) is 4. The van der Waals surface area contributed by atoms with Crippen LogP contribution in [-0.2, 0) is 14.8 Å². The second kappa shape index (κ2) is 6.53. The molecule has 0 aromatic heterocycles. The average Bonchev–Trinajstić information content (AvgIpc) is 2.28. The summed E-state index contributed by atoms with van der Waals surface area (Å²) in [6.07, 6.45) is 0. The van der Waals surface area contributed by atoms with Crippen molar-refractivity contribution in [1.82, 2.24) is 9.21 Å². The summed E-state index contributed by atoms with van der Waals surface area (Å²) in [5, 5.41) is 0. The monoisotopic (exact) mass is 285 g/mol. The maximum atomic E-state index is 11.6. The van der Waals surface area contributed by atoms with Gasteiger partial charge < -0.3 is 10.6 Å². The van der Waals surface area contributed by atoms with E-state index in [2.05, 4.69) is 0 Å². The van der Waals surface area contributed by atoms with Crippen LogP contribution in [0.3, 0.4) is 0 Å². The number of nitrogens with two attached hydrogens (primary N) is 1. The molecule has 0 radical (unpaired) electrons. The second-order valence-electron chi connectivity index (χ2n) is 3.91. The molecule has 8 heteroatoms. The Morgan fingerprint density at radius 1 is 1.29 bits per heavy atom. The largest absolute Gasteiger partial charge is 0.339 e. The number of piperazine rings is 1. The molecule has 1 atom stereocenters. The van der Waals surface area contributed by atoms with Crippen LogP contribution in [0.15, 0.2) is 0 Å². The van der Waals surface area contributed by atoms with Crippen LogP contribution < -0.4 is 5.73 Å². The number of halogens is 1. The average molecular weight is 286 g/mol. The molecular weight excluding hydrogens is 266 g/mol. The summed E-state index contributed by atoms with van der Waals surface area (Å²) < 4.78 is 24.6. The van der Waals surface area contributed by atoms with Gasteiger partial charge in [0.15, 0.2) is 0 Å². The van der Waals surface area contributed by atoms with Gasteiger partial charge in [-0.15, -0.1) is 12.4 Å². The number of nitrogens with zero attached hydrogens (tertiary/aromatic N) is 2. The molecule has 1 fully saturated rings. The summed E-state index contributed by atoms with van der Waals surface area (Å²) in [5.41, 5.74) is 5.49. The molecule has 6 nitrogen and oxygen atoms in total. The predicted molar refractivity (Wildman–Crippen MR) is 68.5 cm³/mol. The maximum Gasteiger partial charge on any atom is 0.239 e. The lowest BCUT2D eigenvalue weighted by molar-refractivity contribution is -0.133. The molecular formula is C9H20ClN3O3S. The molecule has 1 heterocycles. The Morgan fingerprint density at radius 2 is 1.76 bits per heavy atom. The first-order valence-electron chi connectivity index (χ1n) is 5.40. The highest BCUT2D eigenvalue weighted by molar-refractivity contribution is 7.89. The zero-order valence-electron chi connectivity index (χ0n) is 10.1. The second-order valence-corrected chi connectivity index (χ2v) is 6.17. The standard InChI is InChI=1S/C9H19N3O3S.ClH/c1-3-16(14,15)12-6-4-11(5-7-12)9(13)8(2)10;/h8H,3-7,10H2,1-2H3;1H/t8-;/m1./s1. The van der Waals surface area contributed by atoms with Crippen LogP contribution in [0, 0.1) is 0 Å². The van der Waals surface area contributed by atoms with Crippen LogP contribution in [0.25, 0.3) is 0 Å². The van der Waals surface area contributed by atoms with E-state index in [9.17, 15) is 13.2 Å². The van der Waals surface area contributed by atoms with Crippen molar-refractivity contribution in [2.75, 3.05) is 31.9 Å². The van der Waals surface area contributed by atoms with Crippen LogP contribution in [0.1, 0.15) is 13.8 Å². The molecule has 0 saturated carbocycles. The number of amides is 1. The lowest BCUT2D eigenvalue weighted by atomic mass is 10.2. The van der Waals surface area contributed by atoms with E-state index >= 15 is 0 Å². The zero-order valence-corrected chi connectivity index (χ0v) is 11.8. The van der Waals surface area contributed by atoms with E-state index in [1.807, 2.05) is 0 Å². The summed E-state index contributed by atoms with van der Waals surface area (Å²) in [4.78, 5) is 13.2. The van der Waals surface area contributed by atoms with Gasteiger partial charge in [0.05, 0.1) is 11.8 Å². The normalized spacial score (nSPS) is 19.6. The third kappa shape index (κ3) is 4.09. The first kappa shape index (κ1) is 16.6. The molecule has 0 unspecified atom stereocenters. The molecule has 0 aliphatic carbocycles. The Morgan fingerprint density at radius 3 is 2.12 bits per heavy atom. The molecule has 0 spiro atoms. The number of sulfonamides is 1. The Labute approximate surface area is 109 Å². The van der Waals surface area contributed by atoms with E-state index < -0.39 is 16.1 Å². The fourth-order valence-corrected chi connectivity index (χ4v) is 2.74. The topological polar surface area (TPSA) is 83.7 Å². The summed E-state index contributed by atoms with van der Waals surface area (Å²) in [7, 11) is -3.13. The lowest BCUT2D eigenvalue weighted by Crippen LogP contribution is -2.53. The van der Waals surface area contributed by atoms with Crippen molar-refractivity contribution in [1.29, 1.82) is 0 Å². The van der Waals surface area contributed by atoms with E-state index in [1.54, 1.807) is 18.7 Å². The molecule has 0 aromatic carbocycles. The van der Waals surface area contributed by atoms with Gasteiger partial charge in [-0.25, -0.2) is 8.42 Å². The van der Waals surface area contributed by atoms with Gasteiger partial charge >= 0.3 is 0 Å². The minimum absolute atomic E-state index is 0. The van der Waals surface area contributed by atoms with Crippen LogP contribution >= 0.6 is 12.4 Å². The number of rotatable bonds is 3. The third-order valence-electron chi connectivity index (χ3n) is 2.70. The van der Waals surface area contributed by atoms with Crippen LogP contribution in [0.2, 0.25) is 0 Å². The maximum absolute atomic E-state index is 11.6. The van der Waals surface area contributed by atoms with E-state index in [1.165, 1.54) is 4.31 Å². The Bertz CT molecular complexity index is 350. The first-order chi connectivity index (χ1) is 7.38. The molecule has 102 valence electrons. The zero-order chi connectivity index (χ0) is 12.3. The number of carbonyl (C=O) groups excluding carboxylic acids is 1. The van der Waals surface area contributed by atoms with Gasteiger partial charge in [0.2, 0.25) is 15.9 Å². The summed E-state index contributed by atoms with van der Waals surface area (Å²) in [5.74, 6) is -0.0117. The Kier molecular flexibility index (Phi) is 6.39. The number of carbonyl (C=O) groups is 1. The highest BCUT2D eigenvalue weighted by Crippen LogP contribution is 2.08.